The van der Waals surface area contributed by atoms with Gasteiger partial charge in [0.1, 0.15) is 0 Å². The van der Waals surface area contributed by atoms with Crippen LogP contribution in [0, 0.1) is 5.41 Å². The third-order valence-corrected chi connectivity index (χ3v) is 2.69. The monoisotopic (exact) mass is 234 g/mol. The predicted octanol–water partition coefficient (Wildman–Crippen LogP) is 3.08. The molecule has 1 aromatic carbocycles. The first-order valence-corrected chi connectivity index (χ1v) is 5.93. The van der Waals surface area contributed by atoms with E-state index in [1.807, 2.05) is 26.8 Å². The molecule has 0 aliphatic carbocycles. The zero-order valence-electron chi connectivity index (χ0n) is 10.6. The first-order chi connectivity index (χ1) is 7.98. The molecule has 1 heterocycles. The van der Waals surface area contributed by atoms with Crippen molar-refractivity contribution in [2.24, 2.45) is 5.41 Å². The summed E-state index contributed by atoms with van der Waals surface area (Å²) in [5.41, 5.74) is 0.307. The van der Waals surface area contributed by atoms with Gasteiger partial charge in [-0.3, -0.25) is 4.79 Å². The largest absolute Gasteiger partial charge is 0.490 e. The molecule has 3 heteroatoms. The zero-order valence-corrected chi connectivity index (χ0v) is 10.6. The minimum atomic E-state index is -0.375. The Morgan fingerprint density at radius 1 is 1.12 bits per heavy atom. The highest BCUT2D eigenvalue weighted by molar-refractivity contribution is 6.00. The first-order valence-electron chi connectivity index (χ1n) is 5.93. The number of ether oxygens (including phenoxy) is 2. The number of ketones is 1. The maximum absolute atomic E-state index is 12.1. The van der Waals surface area contributed by atoms with E-state index in [1.165, 1.54) is 0 Å². The summed E-state index contributed by atoms with van der Waals surface area (Å²) in [4.78, 5) is 12.1. The van der Waals surface area contributed by atoms with E-state index in [2.05, 4.69) is 0 Å². The molecule has 1 aliphatic rings. The summed E-state index contributed by atoms with van der Waals surface area (Å²) in [6.45, 7) is 7.05. The molecule has 0 bridgehead atoms. The van der Waals surface area contributed by atoms with E-state index in [0.29, 0.717) is 24.5 Å². The summed E-state index contributed by atoms with van der Waals surface area (Å²) in [6.07, 6.45) is 0.872. The number of benzene rings is 1. The van der Waals surface area contributed by atoms with Gasteiger partial charge in [-0.2, -0.15) is 0 Å². The van der Waals surface area contributed by atoms with Crippen LogP contribution in [0.2, 0.25) is 0 Å². The Labute approximate surface area is 102 Å². The van der Waals surface area contributed by atoms with E-state index in [4.69, 9.17) is 9.47 Å². The number of hydrogen-bond donors (Lipinski definition) is 0. The molecule has 0 unspecified atom stereocenters. The van der Waals surface area contributed by atoms with Crippen molar-refractivity contribution in [3.05, 3.63) is 23.8 Å². The molecule has 0 saturated carbocycles. The summed E-state index contributed by atoms with van der Waals surface area (Å²) in [6, 6.07) is 5.41. The molecular weight excluding hydrogens is 216 g/mol. The van der Waals surface area contributed by atoms with Crippen molar-refractivity contribution in [2.75, 3.05) is 13.2 Å². The fraction of sp³-hybridized carbons (Fsp3) is 0.500. The Morgan fingerprint density at radius 2 is 1.76 bits per heavy atom. The number of rotatable bonds is 1. The lowest BCUT2D eigenvalue weighted by Crippen LogP contribution is -2.20. The Bertz CT molecular complexity index is 430. The summed E-state index contributed by atoms with van der Waals surface area (Å²) >= 11 is 0. The molecule has 17 heavy (non-hydrogen) atoms. The van der Waals surface area contributed by atoms with Crippen LogP contribution >= 0.6 is 0 Å². The predicted molar refractivity (Wildman–Crippen MR) is 65.8 cm³/mol. The molecule has 0 aromatic heterocycles. The minimum absolute atomic E-state index is 0.119. The van der Waals surface area contributed by atoms with Crippen molar-refractivity contribution in [3.63, 3.8) is 0 Å². The molecule has 0 spiro atoms. The van der Waals surface area contributed by atoms with Crippen molar-refractivity contribution in [1.29, 1.82) is 0 Å². The maximum atomic E-state index is 12.1. The van der Waals surface area contributed by atoms with Gasteiger partial charge in [-0.25, -0.2) is 0 Å². The second-order valence-electron chi connectivity index (χ2n) is 5.29. The Balaban J connectivity index is 2.33. The van der Waals surface area contributed by atoms with Gasteiger partial charge >= 0.3 is 0 Å². The number of Topliss-reactive ketones (excluding diaryl/α,β-unsaturated/α-hetero) is 1. The van der Waals surface area contributed by atoms with Crippen LogP contribution in [-0.2, 0) is 0 Å². The van der Waals surface area contributed by atoms with Gasteiger partial charge in [0.15, 0.2) is 17.3 Å². The van der Waals surface area contributed by atoms with Crippen LogP contribution in [0.3, 0.4) is 0 Å². The van der Waals surface area contributed by atoms with E-state index in [9.17, 15) is 4.79 Å². The van der Waals surface area contributed by atoms with Crippen LogP contribution in [0.25, 0.3) is 0 Å². The Hall–Kier alpha value is -1.51. The molecule has 0 radical (unpaired) electrons. The summed E-state index contributed by atoms with van der Waals surface area (Å²) < 4.78 is 11.1. The minimum Gasteiger partial charge on any atom is -0.490 e. The van der Waals surface area contributed by atoms with Crippen LogP contribution in [-0.4, -0.2) is 19.0 Å². The lowest BCUT2D eigenvalue weighted by molar-refractivity contribution is 0.0858. The van der Waals surface area contributed by atoms with E-state index in [0.717, 1.165) is 12.2 Å². The van der Waals surface area contributed by atoms with Gasteiger partial charge < -0.3 is 9.47 Å². The molecule has 0 saturated heterocycles. The molecule has 2 rings (SSSR count). The van der Waals surface area contributed by atoms with Crippen molar-refractivity contribution in [3.8, 4) is 11.5 Å². The second kappa shape index (κ2) is 4.40. The van der Waals surface area contributed by atoms with Crippen molar-refractivity contribution >= 4 is 5.78 Å². The second-order valence-corrected chi connectivity index (χ2v) is 5.29. The molecule has 0 amide bonds. The zero-order chi connectivity index (χ0) is 12.5. The van der Waals surface area contributed by atoms with Gasteiger partial charge in [0.25, 0.3) is 0 Å². The first kappa shape index (κ1) is 12.0. The van der Waals surface area contributed by atoms with Gasteiger partial charge in [-0.1, -0.05) is 20.8 Å². The average molecular weight is 234 g/mol. The fourth-order valence-corrected chi connectivity index (χ4v) is 1.74. The number of carbonyl (C=O) groups excluding carboxylic acids is 1. The highest BCUT2D eigenvalue weighted by Gasteiger charge is 2.24. The number of carbonyl (C=O) groups is 1. The van der Waals surface area contributed by atoms with E-state index >= 15 is 0 Å². The Kier molecular flexibility index (Phi) is 3.09. The Morgan fingerprint density at radius 3 is 2.41 bits per heavy atom. The van der Waals surface area contributed by atoms with E-state index in [1.54, 1.807) is 12.1 Å². The average Bonchev–Trinajstić information content (AvgIpc) is 2.50. The van der Waals surface area contributed by atoms with Gasteiger partial charge in [0, 0.05) is 17.4 Å². The fourth-order valence-electron chi connectivity index (χ4n) is 1.74. The molecule has 92 valence electrons. The van der Waals surface area contributed by atoms with Crippen LogP contribution in [0.1, 0.15) is 37.6 Å². The summed E-state index contributed by atoms with van der Waals surface area (Å²) in [5, 5.41) is 0. The molecule has 0 N–H and O–H groups in total. The number of fused-ring (bicyclic) bond motifs is 1. The van der Waals surface area contributed by atoms with Gasteiger partial charge in [0.2, 0.25) is 0 Å². The molecule has 1 aliphatic heterocycles. The van der Waals surface area contributed by atoms with Crippen molar-refractivity contribution in [1.82, 2.24) is 0 Å². The lowest BCUT2D eigenvalue weighted by atomic mass is 9.86. The van der Waals surface area contributed by atoms with Crippen molar-refractivity contribution < 1.29 is 14.3 Å². The highest BCUT2D eigenvalue weighted by atomic mass is 16.5. The molecule has 0 fully saturated rings. The molecule has 3 nitrogen and oxygen atoms in total. The normalized spacial score (nSPS) is 15.2. The molecule has 1 aromatic rings. The van der Waals surface area contributed by atoms with Crippen LogP contribution in [0.5, 0.6) is 11.5 Å². The van der Waals surface area contributed by atoms with Gasteiger partial charge in [0.05, 0.1) is 13.2 Å². The topological polar surface area (TPSA) is 35.5 Å². The molecule has 0 atom stereocenters. The standard InChI is InChI=1S/C14H18O3/c1-14(2,3)13(15)10-5-6-11-12(9-10)17-8-4-7-16-11/h5-6,9H,4,7-8H2,1-3H3. The highest BCUT2D eigenvalue weighted by Crippen LogP contribution is 2.32. The summed E-state index contributed by atoms with van der Waals surface area (Å²) in [5.74, 6) is 1.53. The van der Waals surface area contributed by atoms with Crippen molar-refractivity contribution in [2.45, 2.75) is 27.2 Å². The van der Waals surface area contributed by atoms with E-state index < -0.39 is 0 Å². The smallest absolute Gasteiger partial charge is 0.168 e. The third kappa shape index (κ3) is 2.60. The maximum Gasteiger partial charge on any atom is 0.168 e. The van der Waals surface area contributed by atoms with Gasteiger partial charge in [-0.15, -0.1) is 0 Å². The SMILES string of the molecule is CC(C)(C)C(=O)c1ccc2c(c1)OCCCO2. The van der Waals surface area contributed by atoms with Crippen LogP contribution < -0.4 is 9.47 Å². The lowest BCUT2D eigenvalue weighted by Gasteiger charge is -2.17. The summed E-state index contributed by atoms with van der Waals surface area (Å²) in [7, 11) is 0. The molecular formula is C14H18O3. The van der Waals surface area contributed by atoms with Crippen LogP contribution in [0.4, 0.5) is 0 Å². The van der Waals surface area contributed by atoms with Crippen LogP contribution in [0.15, 0.2) is 18.2 Å². The quantitative estimate of drug-likeness (QED) is 0.700. The van der Waals surface area contributed by atoms with E-state index in [-0.39, 0.29) is 11.2 Å². The third-order valence-electron chi connectivity index (χ3n) is 2.69. The number of hydrogen-bond acceptors (Lipinski definition) is 3. The van der Waals surface area contributed by atoms with Gasteiger partial charge in [-0.05, 0) is 18.2 Å².